The minimum Gasteiger partial charge on any atom is -0.342 e. The fourth-order valence-electron chi connectivity index (χ4n) is 3.73. The first-order chi connectivity index (χ1) is 15.8. The Hall–Kier alpha value is -3.65. The van der Waals surface area contributed by atoms with Crippen LogP contribution in [0.5, 0.6) is 0 Å². The van der Waals surface area contributed by atoms with E-state index in [4.69, 9.17) is 11.6 Å². The first-order valence-corrected chi connectivity index (χ1v) is 10.8. The van der Waals surface area contributed by atoms with Crippen molar-refractivity contribution < 1.29 is 9.18 Å². The number of nitrogens with one attached hydrogen (secondary N) is 2. The number of aromatic nitrogens is 4. The number of aromatic amines is 1. The van der Waals surface area contributed by atoms with Gasteiger partial charge in [0.2, 0.25) is 5.91 Å². The molecule has 0 spiro atoms. The molecule has 0 radical (unpaired) electrons. The van der Waals surface area contributed by atoms with Gasteiger partial charge in [-0.3, -0.25) is 14.7 Å². The first kappa shape index (κ1) is 22.5. The van der Waals surface area contributed by atoms with Crippen LogP contribution in [-0.4, -0.2) is 25.2 Å². The number of benzene rings is 2. The largest absolute Gasteiger partial charge is 0.342 e. The molecule has 170 valence electrons. The average molecular weight is 468 g/mol. The molecule has 0 aliphatic carbocycles. The molecule has 0 fully saturated rings. The fraction of sp³-hybridized carbons (Fsp3) is 0.208. The molecule has 0 bridgehead atoms. The smallest absolute Gasteiger partial charge is 0.274 e. The number of hydrogen-bond donors (Lipinski definition) is 2. The number of imidazole rings is 1. The molecule has 4 aromatic rings. The summed E-state index contributed by atoms with van der Waals surface area (Å²) in [6.07, 6.45) is 3.86. The quantitative estimate of drug-likeness (QED) is 0.433. The fourth-order valence-corrected chi connectivity index (χ4v) is 3.85. The number of nitrogens with zero attached hydrogens (tertiary/aromatic N) is 3. The Morgan fingerprint density at radius 1 is 1.18 bits per heavy atom. The topological polar surface area (TPSA) is 84.7 Å². The Labute approximate surface area is 194 Å². The molecule has 33 heavy (non-hydrogen) atoms. The predicted molar refractivity (Wildman–Crippen MR) is 124 cm³/mol. The molecule has 2 N–H and O–H groups in total. The van der Waals surface area contributed by atoms with Crippen molar-refractivity contribution in [1.29, 1.82) is 0 Å². The second kappa shape index (κ2) is 9.46. The molecule has 2 aromatic carbocycles. The lowest BCUT2D eigenvalue weighted by Crippen LogP contribution is -2.31. The Balaban J connectivity index is 1.51. The monoisotopic (exact) mass is 467 g/mol. The van der Waals surface area contributed by atoms with Gasteiger partial charge in [0.25, 0.3) is 5.56 Å². The minimum absolute atomic E-state index is 0.117. The van der Waals surface area contributed by atoms with Gasteiger partial charge in [-0.05, 0) is 55.3 Å². The van der Waals surface area contributed by atoms with Gasteiger partial charge >= 0.3 is 0 Å². The average Bonchev–Trinajstić information content (AvgIpc) is 3.34. The van der Waals surface area contributed by atoms with Crippen molar-refractivity contribution in [2.24, 2.45) is 7.05 Å². The molecule has 0 saturated heterocycles. The van der Waals surface area contributed by atoms with E-state index in [0.29, 0.717) is 27.8 Å². The van der Waals surface area contributed by atoms with Crippen LogP contribution in [0.25, 0.3) is 5.69 Å². The van der Waals surface area contributed by atoms with E-state index in [0.717, 1.165) is 5.56 Å². The van der Waals surface area contributed by atoms with Crippen LogP contribution in [-0.2, 0) is 18.3 Å². The third-order valence-electron chi connectivity index (χ3n) is 5.51. The van der Waals surface area contributed by atoms with Gasteiger partial charge in [0, 0.05) is 42.1 Å². The zero-order valence-electron chi connectivity index (χ0n) is 18.2. The molecule has 0 aliphatic heterocycles. The van der Waals surface area contributed by atoms with Crippen LogP contribution in [0, 0.1) is 12.7 Å². The number of amides is 1. The molecule has 1 atom stereocenters. The van der Waals surface area contributed by atoms with E-state index in [1.54, 1.807) is 25.3 Å². The molecule has 9 heteroatoms. The van der Waals surface area contributed by atoms with Crippen LogP contribution in [0.4, 0.5) is 4.39 Å². The van der Waals surface area contributed by atoms with Crippen molar-refractivity contribution in [2.75, 3.05) is 0 Å². The van der Waals surface area contributed by atoms with Gasteiger partial charge in [-0.2, -0.15) is 0 Å². The van der Waals surface area contributed by atoms with Gasteiger partial charge in [-0.1, -0.05) is 23.7 Å². The number of rotatable bonds is 7. The summed E-state index contributed by atoms with van der Waals surface area (Å²) >= 11 is 6.02. The highest BCUT2D eigenvalue weighted by atomic mass is 35.5. The zero-order valence-corrected chi connectivity index (χ0v) is 18.9. The lowest BCUT2D eigenvalue weighted by molar-refractivity contribution is -0.121. The number of H-pyrrole nitrogens is 1. The van der Waals surface area contributed by atoms with Gasteiger partial charge in [-0.25, -0.2) is 14.1 Å². The van der Waals surface area contributed by atoms with Gasteiger partial charge in [0.15, 0.2) is 0 Å². The zero-order chi connectivity index (χ0) is 23.5. The van der Waals surface area contributed by atoms with Crippen LogP contribution in [0.3, 0.4) is 0 Å². The summed E-state index contributed by atoms with van der Waals surface area (Å²) in [6, 6.07) is 12.4. The number of carbonyl (C=O) groups excluding carboxylic acids is 1. The van der Waals surface area contributed by atoms with E-state index in [-0.39, 0.29) is 30.1 Å². The normalized spacial score (nSPS) is 12.0. The van der Waals surface area contributed by atoms with E-state index >= 15 is 0 Å². The van der Waals surface area contributed by atoms with Gasteiger partial charge in [0.05, 0.1) is 5.69 Å². The summed E-state index contributed by atoms with van der Waals surface area (Å²) < 4.78 is 16.4. The van der Waals surface area contributed by atoms with Crippen molar-refractivity contribution in [1.82, 2.24) is 24.6 Å². The van der Waals surface area contributed by atoms with Crippen molar-refractivity contribution in [3.05, 3.63) is 105 Å². The molecule has 4 rings (SSSR count). The van der Waals surface area contributed by atoms with Crippen molar-refractivity contribution >= 4 is 17.5 Å². The summed E-state index contributed by atoms with van der Waals surface area (Å²) in [6.45, 7) is 1.78. The SMILES string of the molecule is Cc1[nH]n(-c2ccc(F)cc2)c(=O)c1CCC(=O)N[C@H](c1ccc(Cl)cc1)c1nccn1C. The van der Waals surface area contributed by atoms with Gasteiger partial charge in [0.1, 0.15) is 17.7 Å². The van der Waals surface area contributed by atoms with Crippen molar-refractivity contribution in [2.45, 2.75) is 25.8 Å². The van der Waals surface area contributed by atoms with E-state index in [1.807, 2.05) is 29.9 Å². The molecule has 1 amide bonds. The predicted octanol–water partition coefficient (Wildman–Crippen LogP) is 3.84. The summed E-state index contributed by atoms with van der Waals surface area (Å²) in [5.74, 6) is 0.0865. The third-order valence-corrected chi connectivity index (χ3v) is 5.76. The Morgan fingerprint density at radius 2 is 1.88 bits per heavy atom. The maximum Gasteiger partial charge on any atom is 0.274 e. The number of aryl methyl sites for hydroxylation is 2. The Kier molecular flexibility index (Phi) is 6.46. The molecule has 7 nitrogen and oxygen atoms in total. The first-order valence-electron chi connectivity index (χ1n) is 10.4. The van der Waals surface area contributed by atoms with Crippen LogP contribution in [0.2, 0.25) is 5.02 Å². The highest BCUT2D eigenvalue weighted by Gasteiger charge is 2.21. The molecule has 0 saturated carbocycles. The second-order valence-electron chi connectivity index (χ2n) is 7.78. The third kappa shape index (κ3) is 4.90. The highest BCUT2D eigenvalue weighted by molar-refractivity contribution is 6.30. The van der Waals surface area contributed by atoms with Crippen molar-refractivity contribution in [3.8, 4) is 5.69 Å². The molecule has 0 aliphatic rings. The highest BCUT2D eigenvalue weighted by Crippen LogP contribution is 2.22. The van der Waals surface area contributed by atoms with E-state index in [1.165, 1.54) is 28.9 Å². The number of halogens is 2. The standard InChI is InChI=1S/C24H23ClFN5O2/c1-15-20(24(33)31(29-15)19-9-7-18(26)8-10-19)11-12-21(32)28-22(23-27-13-14-30(23)2)16-3-5-17(25)6-4-16/h3-10,13-14,22,29H,11-12H2,1-2H3,(H,28,32)/t22-/m1/s1. The van der Waals surface area contributed by atoms with E-state index < -0.39 is 6.04 Å². The molecule has 2 aromatic heterocycles. The number of hydrogen-bond acceptors (Lipinski definition) is 3. The van der Waals surface area contributed by atoms with E-state index in [9.17, 15) is 14.0 Å². The Morgan fingerprint density at radius 3 is 2.52 bits per heavy atom. The lowest BCUT2D eigenvalue weighted by atomic mass is 10.1. The van der Waals surface area contributed by atoms with Gasteiger partial charge in [-0.15, -0.1) is 0 Å². The maximum atomic E-state index is 13.2. The summed E-state index contributed by atoms with van der Waals surface area (Å²) in [7, 11) is 1.86. The lowest BCUT2D eigenvalue weighted by Gasteiger charge is -2.19. The van der Waals surface area contributed by atoms with Crippen LogP contribution in [0.15, 0.2) is 65.7 Å². The number of carbonyl (C=O) groups is 1. The molecular formula is C24H23ClFN5O2. The summed E-state index contributed by atoms with van der Waals surface area (Å²) in [5, 5.41) is 6.62. The minimum atomic E-state index is -0.460. The molecule has 0 unspecified atom stereocenters. The van der Waals surface area contributed by atoms with Crippen LogP contribution < -0.4 is 10.9 Å². The van der Waals surface area contributed by atoms with Crippen molar-refractivity contribution in [3.63, 3.8) is 0 Å². The molecular weight excluding hydrogens is 445 g/mol. The summed E-state index contributed by atoms with van der Waals surface area (Å²) in [5.41, 5.74) is 2.28. The molecule has 2 heterocycles. The Bertz CT molecular complexity index is 1320. The summed E-state index contributed by atoms with van der Waals surface area (Å²) in [4.78, 5) is 30.1. The maximum absolute atomic E-state index is 13.2. The van der Waals surface area contributed by atoms with Gasteiger partial charge < -0.3 is 9.88 Å². The van der Waals surface area contributed by atoms with Crippen LogP contribution >= 0.6 is 11.6 Å². The van der Waals surface area contributed by atoms with Crippen LogP contribution in [0.1, 0.15) is 35.1 Å². The van der Waals surface area contributed by atoms with E-state index in [2.05, 4.69) is 15.4 Å². The second-order valence-corrected chi connectivity index (χ2v) is 8.22.